The predicted molar refractivity (Wildman–Crippen MR) is 93.4 cm³/mol. The predicted octanol–water partition coefficient (Wildman–Crippen LogP) is 2.49. The van der Waals surface area contributed by atoms with Gasteiger partial charge in [0.2, 0.25) is 0 Å². The molecule has 0 saturated heterocycles. The third-order valence-corrected chi connectivity index (χ3v) is 3.70. The largest absolute Gasteiger partial charge is 0.493 e. The molecule has 124 valence electrons. The molecule has 25 heavy (non-hydrogen) atoms. The summed E-state index contributed by atoms with van der Waals surface area (Å²) in [4.78, 5) is 16.5. The average Bonchev–Trinajstić information content (AvgIpc) is 3.02. The number of ether oxygens (including phenoxy) is 2. The molecule has 6 nitrogen and oxygen atoms in total. The first kappa shape index (κ1) is 16.3. The van der Waals surface area contributed by atoms with Gasteiger partial charge in [-0.25, -0.2) is 4.99 Å². The number of nitrogens with zero attached hydrogens (tertiary/aromatic N) is 2. The van der Waals surface area contributed by atoms with Crippen LogP contribution in [0, 0.1) is 11.3 Å². The van der Waals surface area contributed by atoms with Crippen LogP contribution in [-0.4, -0.2) is 26.0 Å². The third-order valence-electron chi connectivity index (χ3n) is 3.70. The lowest BCUT2D eigenvalue weighted by molar-refractivity contribution is -0.115. The van der Waals surface area contributed by atoms with Gasteiger partial charge in [-0.3, -0.25) is 4.79 Å². The molecule has 1 aliphatic rings. The van der Waals surface area contributed by atoms with Crippen molar-refractivity contribution >= 4 is 17.8 Å². The first-order chi connectivity index (χ1) is 12.1. The van der Waals surface area contributed by atoms with Crippen molar-refractivity contribution in [1.29, 1.82) is 5.26 Å². The number of benzene rings is 2. The number of carbonyl (C=O) groups is 1. The van der Waals surface area contributed by atoms with Crippen LogP contribution < -0.4 is 14.8 Å². The molecular formula is C19H15N3O3. The van der Waals surface area contributed by atoms with E-state index in [1.165, 1.54) is 0 Å². The van der Waals surface area contributed by atoms with E-state index in [2.05, 4.69) is 16.4 Å². The number of carbonyl (C=O) groups excluding carboxylic acids is 1. The summed E-state index contributed by atoms with van der Waals surface area (Å²) in [6, 6.07) is 14.3. The number of nitrogens with one attached hydrogen (secondary N) is 1. The SMILES string of the molecule is COc1ccc(C2=N/C(=C/c3ccc(C#N)cc3)C(=O)N2)cc1OC. The van der Waals surface area contributed by atoms with E-state index >= 15 is 0 Å². The number of nitriles is 1. The molecule has 0 fully saturated rings. The summed E-state index contributed by atoms with van der Waals surface area (Å²) in [5.74, 6) is 1.32. The fraction of sp³-hybridized carbons (Fsp3) is 0.105. The number of amidine groups is 1. The Labute approximate surface area is 145 Å². The van der Waals surface area contributed by atoms with E-state index < -0.39 is 0 Å². The van der Waals surface area contributed by atoms with Crippen molar-refractivity contribution in [1.82, 2.24) is 5.32 Å². The van der Waals surface area contributed by atoms with E-state index in [0.29, 0.717) is 34.2 Å². The Balaban J connectivity index is 1.92. The van der Waals surface area contributed by atoms with Gasteiger partial charge < -0.3 is 14.8 Å². The van der Waals surface area contributed by atoms with E-state index in [9.17, 15) is 4.79 Å². The molecule has 1 amide bonds. The lowest BCUT2D eigenvalue weighted by atomic mass is 10.1. The Morgan fingerprint density at radius 3 is 2.44 bits per heavy atom. The summed E-state index contributed by atoms with van der Waals surface area (Å²) in [6.07, 6.45) is 1.67. The van der Waals surface area contributed by atoms with Gasteiger partial charge in [-0.15, -0.1) is 0 Å². The molecule has 1 heterocycles. The van der Waals surface area contributed by atoms with Crippen LogP contribution in [0.25, 0.3) is 6.08 Å². The van der Waals surface area contributed by atoms with Crippen LogP contribution in [-0.2, 0) is 4.79 Å². The fourth-order valence-corrected chi connectivity index (χ4v) is 2.40. The van der Waals surface area contributed by atoms with Crippen molar-refractivity contribution in [3.63, 3.8) is 0 Å². The standard InChI is InChI=1S/C19H15N3O3/c1-24-16-8-7-14(10-17(16)25-2)18-21-15(19(23)22-18)9-12-3-5-13(11-20)6-4-12/h3-10H,1-2H3,(H,21,22,23)/b15-9+. The normalized spacial score (nSPS) is 14.7. The number of aliphatic imine (C=N–C) groups is 1. The molecule has 0 saturated carbocycles. The van der Waals surface area contributed by atoms with Crippen LogP contribution >= 0.6 is 0 Å². The van der Waals surface area contributed by atoms with E-state index in [1.54, 1.807) is 62.8 Å². The van der Waals surface area contributed by atoms with Crippen LogP contribution in [0.3, 0.4) is 0 Å². The summed E-state index contributed by atoms with van der Waals surface area (Å²) in [5.41, 5.74) is 2.37. The summed E-state index contributed by atoms with van der Waals surface area (Å²) in [6.45, 7) is 0. The summed E-state index contributed by atoms with van der Waals surface area (Å²) < 4.78 is 10.5. The Bertz CT molecular complexity index is 922. The molecule has 0 atom stereocenters. The highest BCUT2D eigenvalue weighted by Crippen LogP contribution is 2.28. The second-order valence-corrected chi connectivity index (χ2v) is 5.25. The second kappa shape index (κ2) is 6.89. The topological polar surface area (TPSA) is 83.7 Å². The van der Waals surface area contributed by atoms with Gasteiger partial charge in [0.1, 0.15) is 11.5 Å². The number of hydrogen-bond donors (Lipinski definition) is 1. The maximum Gasteiger partial charge on any atom is 0.275 e. The van der Waals surface area contributed by atoms with Crippen molar-refractivity contribution in [2.24, 2.45) is 4.99 Å². The molecular weight excluding hydrogens is 318 g/mol. The summed E-state index contributed by atoms with van der Waals surface area (Å²) in [7, 11) is 3.11. The van der Waals surface area contributed by atoms with Crippen molar-refractivity contribution in [3.05, 3.63) is 64.9 Å². The van der Waals surface area contributed by atoms with Crippen LogP contribution in [0.15, 0.2) is 53.2 Å². The number of methoxy groups -OCH3 is 2. The highest BCUT2D eigenvalue weighted by molar-refractivity contribution is 6.19. The highest BCUT2D eigenvalue weighted by atomic mass is 16.5. The maximum atomic E-state index is 12.2. The number of rotatable bonds is 4. The Kier molecular flexibility index (Phi) is 4.48. The minimum Gasteiger partial charge on any atom is -0.493 e. The summed E-state index contributed by atoms with van der Waals surface area (Å²) in [5, 5.41) is 11.6. The molecule has 0 bridgehead atoms. The first-order valence-corrected chi connectivity index (χ1v) is 7.49. The van der Waals surface area contributed by atoms with Gasteiger partial charge >= 0.3 is 0 Å². The van der Waals surface area contributed by atoms with Gasteiger partial charge in [0.15, 0.2) is 11.5 Å². The molecule has 0 aliphatic carbocycles. The molecule has 1 N–H and O–H groups in total. The van der Waals surface area contributed by atoms with Gasteiger partial charge in [0.25, 0.3) is 5.91 Å². The monoisotopic (exact) mass is 333 g/mol. The molecule has 1 aliphatic heterocycles. The van der Waals surface area contributed by atoms with E-state index in [0.717, 1.165) is 5.56 Å². The zero-order valence-corrected chi connectivity index (χ0v) is 13.7. The lowest BCUT2D eigenvalue weighted by Crippen LogP contribution is -2.24. The molecule has 2 aromatic carbocycles. The highest BCUT2D eigenvalue weighted by Gasteiger charge is 2.22. The second-order valence-electron chi connectivity index (χ2n) is 5.25. The number of hydrogen-bond acceptors (Lipinski definition) is 5. The van der Waals surface area contributed by atoms with Crippen molar-refractivity contribution < 1.29 is 14.3 Å². The van der Waals surface area contributed by atoms with Crippen molar-refractivity contribution in [2.45, 2.75) is 0 Å². The Morgan fingerprint density at radius 1 is 1.08 bits per heavy atom. The van der Waals surface area contributed by atoms with Crippen LogP contribution in [0.1, 0.15) is 16.7 Å². The lowest BCUT2D eigenvalue weighted by Gasteiger charge is -2.09. The molecule has 3 rings (SSSR count). The molecule has 0 unspecified atom stereocenters. The zero-order chi connectivity index (χ0) is 17.8. The van der Waals surface area contributed by atoms with E-state index in [1.807, 2.05) is 0 Å². The Morgan fingerprint density at radius 2 is 1.80 bits per heavy atom. The molecule has 2 aromatic rings. The average molecular weight is 333 g/mol. The first-order valence-electron chi connectivity index (χ1n) is 7.49. The van der Waals surface area contributed by atoms with Gasteiger partial charge in [-0.05, 0) is 42.0 Å². The minimum absolute atomic E-state index is 0.283. The number of amides is 1. The van der Waals surface area contributed by atoms with Crippen molar-refractivity contribution in [3.8, 4) is 17.6 Å². The maximum absolute atomic E-state index is 12.2. The van der Waals surface area contributed by atoms with Crippen LogP contribution in [0.4, 0.5) is 0 Å². The van der Waals surface area contributed by atoms with E-state index in [4.69, 9.17) is 14.7 Å². The van der Waals surface area contributed by atoms with Gasteiger partial charge in [0.05, 0.1) is 25.9 Å². The van der Waals surface area contributed by atoms with Crippen LogP contribution in [0.5, 0.6) is 11.5 Å². The fourth-order valence-electron chi connectivity index (χ4n) is 2.40. The zero-order valence-electron chi connectivity index (χ0n) is 13.7. The third kappa shape index (κ3) is 3.35. The quantitative estimate of drug-likeness (QED) is 0.871. The molecule has 0 aromatic heterocycles. The minimum atomic E-state index is -0.283. The Hall–Kier alpha value is -3.59. The smallest absolute Gasteiger partial charge is 0.275 e. The van der Waals surface area contributed by atoms with Gasteiger partial charge in [-0.2, -0.15) is 5.26 Å². The van der Waals surface area contributed by atoms with Crippen LogP contribution in [0.2, 0.25) is 0 Å². The summed E-state index contributed by atoms with van der Waals surface area (Å²) >= 11 is 0. The molecule has 0 radical (unpaired) electrons. The van der Waals surface area contributed by atoms with Gasteiger partial charge in [-0.1, -0.05) is 12.1 Å². The molecule has 6 heteroatoms. The molecule has 0 spiro atoms. The van der Waals surface area contributed by atoms with Gasteiger partial charge in [0, 0.05) is 5.56 Å². The van der Waals surface area contributed by atoms with Crippen molar-refractivity contribution in [2.75, 3.05) is 14.2 Å². The van der Waals surface area contributed by atoms with E-state index in [-0.39, 0.29) is 5.91 Å².